The molecule has 44 heavy (non-hydrogen) atoms. The maximum Gasteiger partial charge on any atom is 0.340 e. The summed E-state index contributed by atoms with van der Waals surface area (Å²) in [5.74, 6) is -0.833. The highest BCUT2D eigenvalue weighted by atomic mass is 35.5. The number of rotatable bonds is 11. The van der Waals surface area contributed by atoms with Crippen LogP contribution in [0.5, 0.6) is 5.75 Å². The molecule has 1 aliphatic rings. The number of benzene rings is 2. The third-order valence-electron chi connectivity index (χ3n) is 8.14. The molecule has 0 bridgehead atoms. The molecule has 1 unspecified atom stereocenters. The molecule has 0 aliphatic carbocycles. The number of aromatic nitrogens is 1. The SMILES string of the molecule is CCC(OC(C)(C)C)(C(=O)O)c1c(Cl)nc(C=O)c(-c2ccc(OCCc3ccc(F)cc3)cc2)c1N1CCC(C)(C)CC1. The van der Waals surface area contributed by atoms with Crippen molar-refractivity contribution in [3.8, 4) is 16.9 Å². The Labute approximate surface area is 264 Å². The van der Waals surface area contributed by atoms with Crippen LogP contribution < -0.4 is 9.64 Å². The highest BCUT2D eigenvalue weighted by molar-refractivity contribution is 6.31. The van der Waals surface area contributed by atoms with E-state index in [1.54, 1.807) is 39.8 Å². The van der Waals surface area contributed by atoms with Gasteiger partial charge in [-0.25, -0.2) is 14.2 Å². The van der Waals surface area contributed by atoms with Crippen LogP contribution in [-0.2, 0) is 21.6 Å². The van der Waals surface area contributed by atoms with Gasteiger partial charge in [0.2, 0.25) is 0 Å². The zero-order chi connectivity index (χ0) is 32.3. The summed E-state index contributed by atoms with van der Waals surface area (Å²) in [5.41, 5.74) is 0.551. The lowest BCUT2D eigenvalue weighted by atomic mass is 9.81. The number of carboxylic acids is 1. The first-order valence-corrected chi connectivity index (χ1v) is 15.4. The third-order valence-corrected chi connectivity index (χ3v) is 8.42. The van der Waals surface area contributed by atoms with E-state index >= 15 is 0 Å². The number of aldehydes is 1. The van der Waals surface area contributed by atoms with Gasteiger partial charge in [0.15, 0.2) is 11.9 Å². The van der Waals surface area contributed by atoms with Crippen LogP contribution in [0.4, 0.5) is 10.1 Å². The van der Waals surface area contributed by atoms with Crippen molar-refractivity contribution in [2.24, 2.45) is 5.41 Å². The fourth-order valence-electron chi connectivity index (χ4n) is 5.72. The topological polar surface area (TPSA) is 89.0 Å². The standard InChI is InChI=1S/C35H42ClFN2O5/c1-7-35(32(41)42,44-33(2,3)4)29-30(39-19-17-34(5,6)18-20-39)28(27(22-40)38-31(29)36)24-10-14-26(15-11-24)43-21-16-23-8-12-25(37)13-9-23/h8-15,22H,7,16-21H2,1-6H3,(H,41,42). The Morgan fingerprint density at radius 3 is 2.23 bits per heavy atom. The fraction of sp³-hybridized carbons (Fsp3) is 0.457. The summed E-state index contributed by atoms with van der Waals surface area (Å²) in [6.45, 7) is 13.3. The van der Waals surface area contributed by atoms with Crippen molar-refractivity contribution in [3.05, 3.63) is 76.3 Å². The van der Waals surface area contributed by atoms with Crippen molar-refractivity contribution >= 4 is 29.5 Å². The number of ether oxygens (including phenoxy) is 2. The van der Waals surface area contributed by atoms with E-state index in [1.165, 1.54) is 12.1 Å². The van der Waals surface area contributed by atoms with E-state index in [9.17, 15) is 19.1 Å². The van der Waals surface area contributed by atoms with E-state index in [0.717, 1.165) is 18.4 Å². The Morgan fingerprint density at radius 2 is 1.70 bits per heavy atom. The second-order valence-corrected chi connectivity index (χ2v) is 13.5. The van der Waals surface area contributed by atoms with Crippen LogP contribution in [0.3, 0.4) is 0 Å². The molecule has 236 valence electrons. The number of carbonyl (C=O) groups is 2. The summed E-state index contributed by atoms with van der Waals surface area (Å²) in [5, 5.41) is 10.7. The third kappa shape index (κ3) is 7.41. The predicted octanol–water partition coefficient (Wildman–Crippen LogP) is 8.11. The van der Waals surface area contributed by atoms with Crippen molar-refractivity contribution in [3.63, 3.8) is 0 Å². The molecular formula is C35H42ClFN2O5. The Bertz CT molecular complexity index is 1470. The van der Waals surface area contributed by atoms with Gasteiger partial charge in [-0.05, 0) is 80.8 Å². The van der Waals surface area contributed by atoms with Gasteiger partial charge in [-0.1, -0.05) is 56.6 Å². The molecule has 1 fully saturated rings. The predicted molar refractivity (Wildman–Crippen MR) is 171 cm³/mol. The van der Waals surface area contributed by atoms with Gasteiger partial charge in [0, 0.05) is 25.1 Å². The van der Waals surface area contributed by atoms with Crippen LogP contribution >= 0.6 is 11.6 Å². The van der Waals surface area contributed by atoms with Crippen molar-refractivity contribution in [1.82, 2.24) is 4.98 Å². The van der Waals surface area contributed by atoms with E-state index < -0.39 is 17.2 Å². The van der Waals surface area contributed by atoms with Crippen molar-refractivity contribution in [1.29, 1.82) is 0 Å². The zero-order valence-electron chi connectivity index (χ0n) is 26.4. The zero-order valence-corrected chi connectivity index (χ0v) is 27.1. The lowest BCUT2D eigenvalue weighted by molar-refractivity contribution is -0.188. The highest BCUT2D eigenvalue weighted by Gasteiger charge is 2.49. The largest absolute Gasteiger partial charge is 0.493 e. The smallest absolute Gasteiger partial charge is 0.340 e. The monoisotopic (exact) mass is 624 g/mol. The lowest BCUT2D eigenvalue weighted by Crippen LogP contribution is -2.46. The van der Waals surface area contributed by atoms with Gasteiger partial charge in [-0.2, -0.15) is 0 Å². The molecule has 9 heteroatoms. The Kier molecular flexibility index (Phi) is 10.1. The Morgan fingerprint density at radius 1 is 1.09 bits per heavy atom. The molecule has 1 aromatic heterocycles. The van der Waals surface area contributed by atoms with Crippen LogP contribution in [0.25, 0.3) is 11.1 Å². The van der Waals surface area contributed by atoms with Crippen LogP contribution in [-0.4, -0.2) is 47.6 Å². The van der Waals surface area contributed by atoms with Crippen molar-refractivity contribution < 1.29 is 28.6 Å². The number of pyridine rings is 1. The highest BCUT2D eigenvalue weighted by Crippen LogP contribution is 2.49. The second-order valence-electron chi connectivity index (χ2n) is 13.1. The molecular weight excluding hydrogens is 583 g/mol. The minimum absolute atomic E-state index is 0.0649. The number of halogens is 2. The molecule has 0 amide bonds. The Hall–Kier alpha value is -3.49. The molecule has 1 aliphatic heterocycles. The molecule has 1 saturated heterocycles. The average molecular weight is 625 g/mol. The first kappa shape index (κ1) is 33.4. The quantitative estimate of drug-likeness (QED) is 0.170. The molecule has 4 rings (SSSR count). The van der Waals surface area contributed by atoms with Crippen molar-refractivity contribution in [2.45, 2.75) is 78.4 Å². The van der Waals surface area contributed by atoms with Gasteiger partial charge >= 0.3 is 5.97 Å². The van der Waals surface area contributed by atoms with Gasteiger partial charge in [0.05, 0.1) is 23.5 Å². The molecule has 0 spiro atoms. The van der Waals surface area contributed by atoms with Crippen LogP contribution in [0.2, 0.25) is 5.15 Å². The van der Waals surface area contributed by atoms with Gasteiger partial charge in [-0.15, -0.1) is 0 Å². The molecule has 1 N–H and O–H groups in total. The van der Waals surface area contributed by atoms with Gasteiger partial charge in [0.1, 0.15) is 22.4 Å². The molecule has 2 heterocycles. The maximum atomic E-state index is 13.2. The Balaban J connectivity index is 1.83. The lowest BCUT2D eigenvalue weighted by Gasteiger charge is -2.43. The molecule has 2 aromatic carbocycles. The van der Waals surface area contributed by atoms with Gasteiger partial charge < -0.3 is 19.5 Å². The number of piperidine rings is 1. The van der Waals surface area contributed by atoms with E-state index in [-0.39, 0.29) is 34.1 Å². The summed E-state index contributed by atoms with van der Waals surface area (Å²) in [4.78, 5) is 32.3. The van der Waals surface area contributed by atoms with Crippen LogP contribution in [0.15, 0.2) is 48.5 Å². The summed E-state index contributed by atoms with van der Waals surface area (Å²) in [7, 11) is 0. The normalized spacial score (nSPS) is 16.3. The minimum atomic E-state index is -1.82. The molecule has 1 atom stereocenters. The summed E-state index contributed by atoms with van der Waals surface area (Å²) in [6.07, 6.45) is 3.10. The van der Waals surface area contributed by atoms with Crippen LogP contribution in [0, 0.1) is 11.2 Å². The van der Waals surface area contributed by atoms with E-state index in [0.29, 0.717) is 55.0 Å². The first-order valence-electron chi connectivity index (χ1n) is 15.0. The van der Waals surface area contributed by atoms with E-state index in [1.807, 2.05) is 24.3 Å². The first-order chi connectivity index (χ1) is 20.7. The van der Waals surface area contributed by atoms with Crippen LogP contribution in [0.1, 0.15) is 82.4 Å². The average Bonchev–Trinajstić information content (AvgIpc) is 2.96. The summed E-state index contributed by atoms with van der Waals surface area (Å²) in [6, 6.07) is 13.6. The number of carboxylic acid groups (broad SMARTS) is 1. The number of anilines is 1. The number of nitrogens with zero attached hydrogens (tertiary/aromatic N) is 2. The summed E-state index contributed by atoms with van der Waals surface area (Å²) < 4.78 is 25.5. The van der Waals surface area contributed by atoms with Crippen molar-refractivity contribution in [2.75, 3.05) is 24.6 Å². The summed E-state index contributed by atoms with van der Waals surface area (Å²) >= 11 is 6.84. The molecule has 7 nitrogen and oxygen atoms in total. The van der Waals surface area contributed by atoms with E-state index in [4.69, 9.17) is 21.1 Å². The van der Waals surface area contributed by atoms with Gasteiger partial charge in [0.25, 0.3) is 0 Å². The van der Waals surface area contributed by atoms with E-state index in [2.05, 4.69) is 23.7 Å². The number of aliphatic carboxylic acids is 1. The minimum Gasteiger partial charge on any atom is -0.493 e. The number of hydrogen-bond acceptors (Lipinski definition) is 6. The fourth-order valence-corrected chi connectivity index (χ4v) is 6.05. The molecule has 0 radical (unpaired) electrons. The number of hydrogen-bond donors (Lipinski definition) is 1. The maximum absolute atomic E-state index is 13.2. The number of carbonyl (C=O) groups excluding carboxylic acids is 1. The second kappa shape index (κ2) is 13.2. The van der Waals surface area contributed by atoms with Gasteiger partial charge in [-0.3, -0.25) is 4.79 Å². The molecule has 0 saturated carbocycles. The molecule has 3 aromatic rings.